The van der Waals surface area contributed by atoms with Gasteiger partial charge in [0.15, 0.2) is 11.6 Å². The topological polar surface area (TPSA) is 51.2 Å². The Hall–Kier alpha value is -1.48. The lowest BCUT2D eigenvalue weighted by molar-refractivity contribution is -0.122. The third-order valence-electron chi connectivity index (χ3n) is 0.964. The maximum absolute atomic E-state index is 10.4. The highest BCUT2D eigenvalue weighted by molar-refractivity contribution is 6.66. The summed E-state index contributed by atoms with van der Waals surface area (Å²) in [6.45, 7) is 9.50. The van der Waals surface area contributed by atoms with Crippen molar-refractivity contribution < 1.29 is 14.4 Å². The van der Waals surface area contributed by atoms with Crippen LogP contribution in [0.2, 0.25) is 0 Å². The molecular weight excluding hydrogens is 204 g/mol. The molecule has 0 aromatic carbocycles. The van der Waals surface area contributed by atoms with Crippen molar-refractivity contribution in [1.29, 1.82) is 0 Å². The van der Waals surface area contributed by atoms with Crippen LogP contribution in [0.5, 0.6) is 0 Å². The van der Waals surface area contributed by atoms with Gasteiger partial charge in [-0.15, -0.1) is 0 Å². The van der Waals surface area contributed by atoms with Crippen LogP contribution in [0.3, 0.4) is 0 Å². The molecule has 0 heterocycles. The van der Waals surface area contributed by atoms with Crippen molar-refractivity contribution in [2.45, 2.75) is 6.42 Å². The Morgan fingerprint density at radius 3 is 1.36 bits per heavy atom. The summed E-state index contributed by atoms with van der Waals surface area (Å²) in [5.41, 5.74) is 0. The summed E-state index contributed by atoms with van der Waals surface area (Å²) >= 11 is 4.71. The molecule has 3 nitrogen and oxygen atoms in total. The molecule has 0 aromatic rings. The van der Waals surface area contributed by atoms with E-state index in [1.807, 2.05) is 0 Å². The van der Waals surface area contributed by atoms with Gasteiger partial charge in [-0.25, -0.2) is 0 Å². The molecule has 0 aliphatic carbocycles. The fourth-order valence-corrected chi connectivity index (χ4v) is 0.316. The average molecular weight is 215 g/mol. The smallest absolute Gasteiger partial charge is 0.244 e. The molecule has 0 saturated heterocycles. The lowest BCUT2D eigenvalue weighted by Gasteiger charge is -1.85. The number of halogens is 1. The second-order valence-corrected chi connectivity index (χ2v) is 2.40. The van der Waals surface area contributed by atoms with Crippen molar-refractivity contribution >= 4 is 28.4 Å². The summed E-state index contributed by atoms with van der Waals surface area (Å²) in [6.07, 6.45) is 3.19. The summed E-state index contributed by atoms with van der Waals surface area (Å²) in [4.78, 5) is 30.2. The van der Waals surface area contributed by atoms with Crippen LogP contribution in [0, 0.1) is 0 Å². The minimum atomic E-state index is -0.509. The SMILES string of the molecule is C=CC(=O)CC(=O)C=C.C=CC(=O)Cl. The van der Waals surface area contributed by atoms with Gasteiger partial charge in [-0.05, 0) is 29.8 Å². The van der Waals surface area contributed by atoms with Crippen molar-refractivity contribution in [1.82, 2.24) is 0 Å². The van der Waals surface area contributed by atoms with E-state index in [0.29, 0.717) is 0 Å². The molecule has 4 heteroatoms. The highest BCUT2D eigenvalue weighted by Gasteiger charge is 1.99. The van der Waals surface area contributed by atoms with Crippen molar-refractivity contribution in [3.63, 3.8) is 0 Å². The lowest BCUT2D eigenvalue weighted by atomic mass is 10.2. The summed E-state index contributed by atoms with van der Waals surface area (Å²) < 4.78 is 0. The fourth-order valence-electron chi connectivity index (χ4n) is 0.316. The van der Waals surface area contributed by atoms with Gasteiger partial charge in [0.2, 0.25) is 5.24 Å². The van der Waals surface area contributed by atoms with Gasteiger partial charge in [-0.2, -0.15) is 0 Å². The molecule has 0 N–H and O–H groups in total. The summed E-state index contributed by atoms with van der Waals surface area (Å²) in [6, 6.07) is 0. The summed E-state index contributed by atoms with van der Waals surface area (Å²) in [5, 5.41) is -0.509. The van der Waals surface area contributed by atoms with Gasteiger partial charge in [0, 0.05) is 0 Å². The number of ketones is 2. The number of hydrogen-bond donors (Lipinski definition) is 0. The Balaban J connectivity index is 0. The molecule has 14 heavy (non-hydrogen) atoms. The zero-order valence-electron chi connectivity index (χ0n) is 7.66. The Bertz CT molecular complexity index is 249. The molecular formula is C10H11ClO3. The average Bonchev–Trinajstić information content (AvgIpc) is 2.18. The third kappa shape index (κ3) is 13.1. The number of carbonyl (C=O) groups is 3. The fraction of sp³-hybridized carbons (Fsp3) is 0.100. The van der Waals surface area contributed by atoms with Crippen LogP contribution in [-0.2, 0) is 14.4 Å². The van der Waals surface area contributed by atoms with E-state index in [9.17, 15) is 14.4 Å². The van der Waals surface area contributed by atoms with Crippen LogP contribution in [-0.4, -0.2) is 16.8 Å². The Labute approximate surface area is 87.7 Å². The molecule has 0 bridgehead atoms. The first-order valence-electron chi connectivity index (χ1n) is 3.60. The van der Waals surface area contributed by atoms with Crippen molar-refractivity contribution in [3.8, 4) is 0 Å². The molecule has 0 atom stereocenters. The van der Waals surface area contributed by atoms with Crippen LogP contribution in [0.1, 0.15) is 6.42 Å². The predicted octanol–water partition coefficient (Wildman–Crippen LogP) is 1.82. The van der Waals surface area contributed by atoms with Crippen LogP contribution >= 0.6 is 11.6 Å². The molecule has 0 radical (unpaired) electrons. The third-order valence-corrected chi connectivity index (χ3v) is 1.12. The number of carbonyl (C=O) groups excluding carboxylic acids is 3. The number of rotatable bonds is 5. The van der Waals surface area contributed by atoms with Crippen molar-refractivity contribution in [3.05, 3.63) is 38.0 Å². The molecule has 0 unspecified atom stereocenters. The van der Waals surface area contributed by atoms with E-state index in [1.54, 1.807) is 0 Å². The lowest BCUT2D eigenvalue weighted by Crippen LogP contribution is -2.00. The Morgan fingerprint density at radius 1 is 0.929 bits per heavy atom. The normalized spacial score (nSPS) is 7.50. The van der Waals surface area contributed by atoms with Crippen LogP contribution < -0.4 is 0 Å². The van der Waals surface area contributed by atoms with Crippen LogP contribution in [0.15, 0.2) is 38.0 Å². The standard InChI is InChI=1S/C7H8O2.C3H3ClO/c1-3-6(8)5-7(9)4-2;1-2-3(4)5/h3-4H,1-2,5H2;2H,1H2. The van der Waals surface area contributed by atoms with E-state index in [1.165, 1.54) is 0 Å². The molecule has 0 aliphatic rings. The first-order valence-corrected chi connectivity index (χ1v) is 3.98. The summed E-state index contributed by atoms with van der Waals surface area (Å²) in [5.74, 6) is -0.528. The molecule has 0 saturated carbocycles. The van der Waals surface area contributed by atoms with Crippen molar-refractivity contribution in [2.75, 3.05) is 0 Å². The minimum absolute atomic E-state index is 0.104. The molecule has 0 fully saturated rings. The van der Waals surface area contributed by atoms with E-state index in [0.717, 1.165) is 18.2 Å². The molecule has 0 spiro atoms. The Kier molecular flexibility index (Phi) is 10.3. The van der Waals surface area contributed by atoms with E-state index >= 15 is 0 Å². The Morgan fingerprint density at radius 2 is 1.21 bits per heavy atom. The highest BCUT2D eigenvalue weighted by atomic mass is 35.5. The number of hydrogen-bond acceptors (Lipinski definition) is 3. The first kappa shape index (κ1) is 15.0. The monoisotopic (exact) mass is 214 g/mol. The van der Waals surface area contributed by atoms with Crippen LogP contribution in [0.25, 0.3) is 0 Å². The molecule has 0 rings (SSSR count). The van der Waals surface area contributed by atoms with E-state index < -0.39 is 5.24 Å². The van der Waals surface area contributed by atoms with Gasteiger partial charge < -0.3 is 0 Å². The predicted molar refractivity (Wildman–Crippen MR) is 56.1 cm³/mol. The van der Waals surface area contributed by atoms with E-state index in [4.69, 9.17) is 11.6 Å². The highest BCUT2D eigenvalue weighted by Crippen LogP contribution is 1.86. The largest absolute Gasteiger partial charge is 0.294 e. The molecule has 0 aromatic heterocycles. The second-order valence-electron chi connectivity index (χ2n) is 2.03. The summed E-state index contributed by atoms with van der Waals surface area (Å²) in [7, 11) is 0. The second kappa shape index (κ2) is 9.61. The van der Waals surface area contributed by atoms with Gasteiger partial charge in [-0.1, -0.05) is 19.7 Å². The minimum Gasteiger partial charge on any atom is -0.294 e. The maximum atomic E-state index is 10.4. The van der Waals surface area contributed by atoms with Gasteiger partial charge >= 0.3 is 0 Å². The van der Waals surface area contributed by atoms with Crippen molar-refractivity contribution in [2.24, 2.45) is 0 Å². The first-order chi connectivity index (χ1) is 6.47. The zero-order chi connectivity index (χ0) is 11.6. The van der Waals surface area contributed by atoms with E-state index in [-0.39, 0.29) is 18.0 Å². The maximum Gasteiger partial charge on any atom is 0.244 e. The van der Waals surface area contributed by atoms with Gasteiger partial charge in [-0.3, -0.25) is 14.4 Å². The molecule has 0 aliphatic heterocycles. The molecule has 76 valence electrons. The quantitative estimate of drug-likeness (QED) is 0.399. The van der Waals surface area contributed by atoms with Gasteiger partial charge in [0.25, 0.3) is 0 Å². The number of allylic oxidation sites excluding steroid dienone is 3. The van der Waals surface area contributed by atoms with Gasteiger partial charge in [0.05, 0.1) is 6.42 Å². The zero-order valence-corrected chi connectivity index (χ0v) is 8.42. The molecule has 0 amide bonds. The van der Waals surface area contributed by atoms with E-state index in [2.05, 4.69) is 19.7 Å². The van der Waals surface area contributed by atoms with Gasteiger partial charge in [0.1, 0.15) is 0 Å². The van der Waals surface area contributed by atoms with Crippen LogP contribution in [0.4, 0.5) is 0 Å².